The quantitative estimate of drug-likeness (QED) is 0.585. The molecular weight excluding hydrogens is 378 g/mol. The summed E-state index contributed by atoms with van der Waals surface area (Å²) in [6.07, 6.45) is 0.651. The topological polar surface area (TPSA) is 95.9 Å². The summed E-state index contributed by atoms with van der Waals surface area (Å²) in [5, 5.41) is 19.3. The average molecular weight is 397 g/mol. The largest absolute Gasteiger partial charge is 0.504 e. The lowest BCUT2D eigenvalue weighted by atomic mass is 9.90. The van der Waals surface area contributed by atoms with E-state index in [0.29, 0.717) is 24.5 Å². The van der Waals surface area contributed by atoms with E-state index in [2.05, 4.69) is 4.72 Å². The highest BCUT2D eigenvalue weighted by Gasteiger charge is 2.23. The van der Waals surface area contributed by atoms with Gasteiger partial charge in [-0.05, 0) is 47.9 Å². The van der Waals surface area contributed by atoms with Gasteiger partial charge in [0.2, 0.25) is 0 Å². The number of phenolic OH excluding ortho intramolecular Hbond substituents is 2. The van der Waals surface area contributed by atoms with Crippen LogP contribution in [0.25, 0.3) is 0 Å². The zero-order valence-electron chi connectivity index (χ0n) is 14.9. The Labute approximate surface area is 163 Å². The average Bonchev–Trinajstić information content (AvgIpc) is 2.70. The van der Waals surface area contributed by atoms with Crippen molar-refractivity contribution in [1.29, 1.82) is 0 Å². The fourth-order valence-electron chi connectivity index (χ4n) is 3.26. The molecule has 28 heavy (non-hydrogen) atoms. The molecule has 0 radical (unpaired) electrons. The Kier molecular flexibility index (Phi) is 4.60. The second kappa shape index (κ2) is 7.09. The highest BCUT2D eigenvalue weighted by Crippen LogP contribution is 2.39. The monoisotopic (exact) mass is 397 g/mol. The zero-order valence-corrected chi connectivity index (χ0v) is 15.7. The molecular formula is C21H19NO5S. The van der Waals surface area contributed by atoms with Crippen molar-refractivity contribution in [1.82, 2.24) is 0 Å². The number of aromatic hydroxyl groups is 2. The number of fused-ring (bicyclic) bond motifs is 1. The SMILES string of the molecule is O=S(=O)(Nc1ccc(C2COc3cc(O)c(O)cc3C2)cc1)c1ccccc1. The van der Waals surface area contributed by atoms with Gasteiger partial charge in [-0.3, -0.25) is 4.72 Å². The zero-order chi connectivity index (χ0) is 19.7. The van der Waals surface area contributed by atoms with Gasteiger partial charge in [0.05, 0.1) is 11.5 Å². The number of benzene rings is 3. The summed E-state index contributed by atoms with van der Waals surface area (Å²) in [6.45, 7) is 0.437. The van der Waals surface area contributed by atoms with E-state index in [0.717, 1.165) is 11.1 Å². The van der Waals surface area contributed by atoms with Gasteiger partial charge in [0.15, 0.2) is 11.5 Å². The van der Waals surface area contributed by atoms with Crippen LogP contribution in [-0.2, 0) is 16.4 Å². The molecule has 3 aromatic rings. The summed E-state index contributed by atoms with van der Waals surface area (Å²) in [5.74, 6) is 0.260. The van der Waals surface area contributed by atoms with Crippen LogP contribution in [0.1, 0.15) is 17.0 Å². The van der Waals surface area contributed by atoms with Crippen molar-refractivity contribution in [2.75, 3.05) is 11.3 Å². The first-order chi connectivity index (χ1) is 13.4. The van der Waals surface area contributed by atoms with E-state index in [1.807, 2.05) is 12.1 Å². The minimum Gasteiger partial charge on any atom is -0.504 e. The Morgan fingerprint density at radius 2 is 1.61 bits per heavy atom. The number of nitrogens with one attached hydrogen (secondary N) is 1. The van der Waals surface area contributed by atoms with Crippen LogP contribution in [-0.4, -0.2) is 25.2 Å². The van der Waals surface area contributed by atoms with Gasteiger partial charge in [0.25, 0.3) is 10.0 Å². The standard InChI is InChI=1S/C21H19NO5S/c23-19-11-15-10-16(13-27-21(15)12-20(19)24)14-6-8-17(9-7-14)22-28(25,26)18-4-2-1-3-5-18/h1-9,11-12,16,22-24H,10,13H2. The molecule has 0 bridgehead atoms. The molecule has 7 heteroatoms. The highest BCUT2D eigenvalue weighted by atomic mass is 32.2. The number of sulfonamides is 1. The first-order valence-electron chi connectivity index (χ1n) is 8.78. The second-order valence-electron chi connectivity index (χ2n) is 6.70. The predicted molar refractivity (Wildman–Crippen MR) is 105 cm³/mol. The number of anilines is 1. The Bertz CT molecular complexity index is 1100. The van der Waals surface area contributed by atoms with Crippen LogP contribution in [0.5, 0.6) is 17.2 Å². The predicted octanol–water partition coefficient (Wildman–Crippen LogP) is 3.62. The Balaban J connectivity index is 1.50. The Hall–Kier alpha value is -3.19. The second-order valence-corrected chi connectivity index (χ2v) is 8.38. The molecule has 3 aromatic carbocycles. The molecule has 0 aromatic heterocycles. The lowest BCUT2D eigenvalue weighted by Crippen LogP contribution is -2.19. The molecule has 1 heterocycles. The molecule has 1 aliphatic rings. The van der Waals surface area contributed by atoms with Crippen molar-refractivity contribution in [2.24, 2.45) is 0 Å². The van der Waals surface area contributed by atoms with Gasteiger partial charge < -0.3 is 14.9 Å². The van der Waals surface area contributed by atoms with Crippen molar-refractivity contribution in [2.45, 2.75) is 17.2 Å². The van der Waals surface area contributed by atoms with E-state index in [1.165, 1.54) is 12.1 Å². The number of hydrogen-bond donors (Lipinski definition) is 3. The van der Waals surface area contributed by atoms with E-state index in [4.69, 9.17) is 4.74 Å². The normalized spacial score (nSPS) is 16.1. The van der Waals surface area contributed by atoms with Crippen LogP contribution < -0.4 is 9.46 Å². The maximum Gasteiger partial charge on any atom is 0.261 e. The summed E-state index contributed by atoms with van der Waals surface area (Å²) < 4.78 is 33.1. The molecule has 144 valence electrons. The summed E-state index contributed by atoms with van der Waals surface area (Å²) in [4.78, 5) is 0.208. The number of ether oxygens (including phenoxy) is 1. The summed E-state index contributed by atoms with van der Waals surface area (Å²) in [6, 6.07) is 18.3. The van der Waals surface area contributed by atoms with Crippen molar-refractivity contribution in [3.63, 3.8) is 0 Å². The highest BCUT2D eigenvalue weighted by molar-refractivity contribution is 7.92. The molecule has 0 amide bonds. The summed E-state index contributed by atoms with van der Waals surface area (Å²) >= 11 is 0. The Morgan fingerprint density at radius 1 is 0.929 bits per heavy atom. The third kappa shape index (κ3) is 3.61. The minimum atomic E-state index is -3.63. The molecule has 0 aliphatic carbocycles. The van der Waals surface area contributed by atoms with Gasteiger partial charge in [-0.25, -0.2) is 8.42 Å². The number of phenols is 2. The van der Waals surface area contributed by atoms with Crippen molar-refractivity contribution in [3.8, 4) is 17.2 Å². The summed E-state index contributed by atoms with van der Waals surface area (Å²) in [7, 11) is -3.63. The minimum absolute atomic E-state index is 0.0659. The first-order valence-corrected chi connectivity index (χ1v) is 10.3. The molecule has 1 unspecified atom stereocenters. The summed E-state index contributed by atoms with van der Waals surface area (Å²) in [5.41, 5.74) is 2.30. The number of rotatable bonds is 4. The first kappa shape index (κ1) is 18.2. The molecule has 4 rings (SSSR count). The van der Waals surface area contributed by atoms with Crippen molar-refractivity contribution >= 4 is 15.7 Å². The van der Waals surface area contributed by atoms with E-state index in [1.54, 1.807) is 42.5 Å². The third-order valence-electron chi connectivity index (χ3n) is 4.75. The lowest BCUT2D eigenvalue weighted by molar-refractivity contribution is 0.260. The molecule has 3 N–H and O–H groups in total. The van der Waals surface area contributed by atoms with Gasteiger partial charge in [-0.2, -0.15) is 0 Å². The number of hydrogen-bond acceptors (Lipinski definition) is 5. The van der Waals surface area contributed by atoms with Crippen molar-refractivity contribution in [3.05, 3.63) is 77.9 Å². The van der Waals surface area contributed by atoms with Crippen molar-refractivity contribution < 1.29 is 23.4 Å². The maximum atomic E-state index is 12.4. The van der Waals surface area contributed by atoms with Gasteiger partial charge in [-0.15, -0.1) is 0 Å². The smallest absolute Gasteiger partial charge is 0.261 e. The maximum absolute atomic E-state index is 12.4. The van der Waals surface area contributed by atoms with E-state index in [9.17, 15) is 18.6 Å². The van der Waals surface area contributed by atoms with Crippen LogP contribution in [0.2, 0.25) is 0 Å². The lowest BCUT2D eigenvalue weighted by Gasteiger charge is -2.26. The van der Waals surface area contributed by atoms with E-state index >= 15 is 0 Å². The van der Waals surface area contributed by atoms with Crippen LogP contribution in [0.15, 0.2) is 71.6 Å². The van der Waals surface area contributed by atoms with Crippen LogP contribution in [0.3, 0.4) is 0 Å². The molecule has 1 atom stereocenters. The third-order valence-corrected chi connectivity index (χ3v) is 6.15. The molecule has 0 saturated heterocycles. The molecule has 0 saturated carbocycles. The molecule has 0 fully saturated rings. The Morgan fingerprint density at radius 3 is 2.32 bits per heavy atom. The molecule has 6 nitrogen and oxygen atoms in total. The van der Waals surface area contributed by atoms with Gasteiger partial charge in [0, 0.05) is 17.7 Å². The van der Waals surface area contributed by atoms with Crippen LogP contribution >= 0.6 is 0 Å². The fraction of sp³-hybridized carbons (Fsp3) is 0.143. The van der Waals surface area contributed by atoms with Gasteiger partial charge in [-0.1, -0.05) is 30.3 Å². The van der Waals surface area contributed by atoms with Gasteiger partial charge in [0.1, 0.15) is 5.75 Å². The molecule has 1 aliphatic heterocycles. The van der Waals surface area contributed by atoms with Gasteiger partial charge >= 0.3 is 0 Å². The van der Waals surface area contributed by atoms with E-state index in [-0.39, 0.29) is 22.3 Å². The fourth-order valence-corrected chi connectivity index (χ4v) is 4.34. The van der Waals surface area contributed by atoms with Crippen LogP contribution in [0.4, 0.5) is 5.69 Å². The molecule has 0 spiro atoms. The van der Waals surface area contributed by atoms with Crippen LogP contribution in [0, 0.1) is 0 Å². The van der Waals surface area contributed by atoms with E-state index < -0.39 is 10.0 Å².